The number of benzene rings is 4. The van der Waals surface area contributed by atoms with Crippen LogP contribution in [0.5, 0.6) is 0 Å². The topological polar surface area (TPSA) is 0 Å². The van der Waals surface area contributed by atoms with Crippen LogP contribution in [0.3, 0.4) is 0 Å². The van der Waals surface area contributed by atoms with Crippen molar-refractivity contribution in [3.8, 4) is 11.1 Å². The van der Waals surface area contributed by atoms with Crippen molar-refractivity contribution >= 4 is 58.4 Å². The van der Waals surface area contributed by atoms with Gasteiger partial charge in [-0.2, -0.15) is 0 Å². The van der Waals surface area contributed by atoms with E-state index < -0.39 is 0 Å². The monoisotopic (exact) mass is 422 g/mol. The first-order valence-corrected chi connectivity index (χ1v) is 12.3. The molecule has 0 saturated carbocycles. The Morgan fingerprint density at radius 2 is 1.10 bits per heavy atom. The summed E-state index contributed by atoms with van der Waals surface area (Å²) in [5.41, 5.74) is 8.65. The largest absolute Gasteiger partial charge is 0.250 e. The summed E-state index contributed by atoms with van der Waals surface area (Å²) in [5.74, 6) is 0. The second kappa shape index (κ2) is 6.01. The van der Waals surface area contributed by atoms with Crippen molar-refractivity contribution in [3.63, 3.8) is 0 Å². The summed E-state index contributed by atoms with van der Waals surface area (Å²) < 4.78 is 0. The molecule has 0 aromatic heterocycles. The Morgan fingerprint density at radius 3 is 1.76 bits per heavy atom. The van der Waals surface area contributed by atoms with Crippen molar-refractivity contribution in [2.24, 2.45) is 0 Å². The predicted molar refractivity (Wildman–Crippen MR) is 127 cm³/mol. The van der Waals surface area contributed by atoms with Crippen LogP contribution < -0.4 is 16.4 Å². The van der Waals surface area contributed by atoms with Gasteiger partial charge in [0.25, 0.3) is 0 Å². The molecule has 136 valence electrons. The minimum atomic E-state index is 0.366. The molecule has 3 heterocycles. The molecule has 7 rings (SSSR count). The summed E-state index contributed by atoms with van der Waals surface area (Å²) in [7, 11) is 0. The summed E-state index contributed by atoms with van der Waals surface area (Å²) in [6.07, 6.45) is 0. The average molecular weight is 422 g/mol. The van der Waals surface area contributed by atoms with E-state index >= 15 is 0 Å². The first-order valence-electron chi connectivity index (χ1n) is 9.82. The zero-order chi connectivity index (χ0) is 19.1. The molecule has 4 aromatic carbocycles. The minimum Gasteiger partial charge on any atom is -0.0911 e. The highest BCUT2D eigenvalue weighted by Gasteiger charge is 2.43. The molecule has 0 radical (unpaired) electrons. The third-order valence-corrected chi connectivity index (χ3v) is 9.68. The first kappa shape index (κ1) is 16.8. The van der Waals surface area contributed by atoms with Gasteiger partial charge in [-0.25, -0.2) is 0 Å². The highest BCUT2D eigenvalue weighted by molar-refractivity contribution is 8.02. The third kappa shape index (κ3) is 2.23. The van der Waals surface area contributed by atoms with Gasteiger partial charge >= 0.3 is 0 Å². The second-order valence-corrected chi connectivity index (χ2v) is 11.0. The van der Waals surface area contributed by atoms with Gasteiger partial charge in [-0.05, 0) is 70.3 Å². The molecule has 3 aliphatic rings. The van der Waals surface area contributed by atoms with E-state index in [1.807, 2.05) is 35.3 Å². The lowest BCUT2D eigenvalue weighted by Crippen LogP contribution is -2.60. The van der Waals surface area contributed by atoms with E-state index in [9.17, 15) is 0 Å². The van der Waals surface area contributed by atoms with E-state index in [0.717, 1.165) is 0 Å². The van der Waals surface area contributed by atoms with Crippen LogP contribution in [0.25, 0.3) is 11.1 Å². The zero-order valence-electron chi connectivity index (χ0n) is 15.7. The van der Waals surface area contributed by atoms with Crippen molar-refractivity contribution in [1.82, 2.24) is 0 Å². The quantitative estimate of drug-likeness (QED) is 0.318. The van der Waals surface area contributed by atoms with Crippen molar-refractivity contribution in [2.45, 2.75) is 36.3 Å². The number of rotatable bonds is 1. The van der Waals surface area contributed by atoms with Crippen LogP contribution in [0.15, 0.2) is 102 Å². The molecule has 0 bridgehead atoms. The molecule has 29 heavy (non-hydrogen) atoms. The molecule has 0 saturated heterocycles. The van der Waals surface area contributed by atoms with E-state index in [-0.39, 0.29) is 0 Å². The Bertz CT molecular complexity index is 1320. The highest BCUT2D eigenvalue weighted by Crippen LogP contribution is 2.47. The second-order valence-electron chi connectivity index (χ2n) is 7.74. The van der Waals surface area contributed by atoms with E-state index in [1.165, 1.54) is 62.5 Å². The molecule has 4 aromatic rings. The Hall–Kier alpha value is -2.01. The van der Waals surface area contributed by atoms with Crippen molar-refractivity contribution < 1.29 is 0 Å². The number of hydrogen-bond acceptors (Lipinski definition) is 3. The fourth-order valence-electron chi connectivity index (χ4n) is 4.89. The molecule has 0 atom stereocenters. The van der Waals surface area contributed by atoms with Gasteiger partial charge in [0, 0.05) is 29.4 Å². The predicted octanol–water partition coefficient (Wildman–Crippen LogP) is 5.57. The van der Waals surface area contributed by atoms with Crippen molar-refractivity contribution in [3.05, 3.63) is 78.4 Å². The standard InChI is InChI=1S/C25H15BS3/c1-14-6-2-3-7-15(14)16-12-13-21-24-25(16)29-20-11-5-10-19-23(20)26(24)22-17(27-19)8-4-9-18(22)28-21/h2-13H,1H3. The van der Waals surface area contributed by atoms with Gasteiger partial charge < -0.3 is 0 Å². The van der Waals surface area contributed by atoms with Gasteiger partial charge in [-0.15, -0.1) is 0 Å². The van der Waals surface area contributed by atoms with Crippen LogP contribution in [0, 0.1) is 6.92 Å². The zero-order valence-corrected chi connectivity index (χ0v) is 18.2. The lowest BCUT2D eigenvalue weighted by molar-refractivity contribution is 1.26. The lowest BCUT2D eigenvalue weighted by atomic mass is 9.36. The summed E-state index contributed by atoms with van der Waals surface area (Å²) in [5, 5.41) is 0. The van der Waals surface area contributed by atoms with Crippen molar-refractivity contribution in [1.29, 1.82) is 0 Å². The number of aryl methyl sites for hydroxylation is 1. The minimum absolute atomic E-state index is 0.366. The third-order valence-electron chi connectivity index (χ3n) is 6.16. The van der Waals surface area contributed by atoms with Crippen LogP contribution >= 0.6 is 35.3 Å². The first-order chi connectivity index (χ1) is 14.3. The molecule has 0 spiro atoms. The summed E-state index contributed by atoms with van der Waals surface area (Å²) >= 11 is 5.86. The highest BCUT2D eigenvalue weighted by atomic mass is 32.2. The van der Waals surface area contributed by atoms with Gasteiger partial charge in [0.1, 0.15) is 0 Å². The van der Waals surface area contributed by atoms with Gasteiger partial charge in [0.05, 0.1) is 0 Å². The van der Waals surface area contributed by atoms with E-state index in [0.29, 0.717) is 6.71 Å². The van der Waals surface area contributed by atoms with Crippen LogP contribution in [-0.2, 0) is 0 Å². The van der Waals surface area contributed by atoms with Crippen LogP contribution in [-0.4, -0.2) is 6.71 Å². The van der Waals surface area contributed by atoms with Crippen LogP contribution in [0.4, 0.5) is 0 Å². The molecule has 0 aliphatic carbocycles. The maximum atomic E-state index is 2.36. The Kier molecular flexibility index (Phi) is 3.47. The smallest absolute Gasteiger partial charge is 0.0911 e. The molecule has 0 fully saturated rings. The molecular formula is C25H15BS3. The van der Waals surface area contributed by atoms with E-state index in [1.54, 1.807) is 0 Å². The molecule has 3 aliphatic heterocycles. The molecule has 0 amide bonds. The Labute approximate surface area is 183 Å². The maximum Gasteiger partial charge on any atom is 0.250 e. The van der Waals surface area contributed by atoms with Gasteiger partial charge in [0.15, 0.2) is 0 Å². The molecular weight excluding hydrogens is 407 g/mol. The summed E-state index contributed by atoms with van der Waals surface area (Å²) in [6.45, 7) is 2.59. The Balaban J connectivity index is 1.59. The summed E-state index contributed by atoms with van der Waals surface area (Å²) in [6, 6.07) is 27.2. The maximum absolute atomic E-state index is 2.36. The van der Waals surface area contributed by atoms with Crippen LogP contribution in [0.1, 0.15) is 5.56 Å². The number of hydrogen-bond donors (Lipinski definition) is 0. The SMILES string of the molecule is Cc1ccccc1-c1ccc2c3c1Sc1cccc4c1B3c1c(cccc1S2)S4. The molecule has 4 heteroatoms. The molecule has 0 unspecified atom stereocenters. The summed E-state index contributed by atoms with van der Waals surface area (Å²) in [4.78, 5) is 8.57. The fraction of sp³-hybridized carbons (Fsp3) is 0.0400. The molecule has 0 N–H and O–H groups in total. The fourth-order valence-corrected chi connectivity index (χ4v) is 8.81. The van der Waals surface area contributed by atoms with Crippen LogP contribution in [0.2, 0.25) is 0 Å². The normalized spacial score (nSPS) is 14.6. The lowest BCUT2D eigenvalue weighted by Gasteiger charge is -2.38. The average Bonchev–Trinajstić information content (AvgIpc) is 2.75. The van der Waals surface area contributed by atoms with Gasteiger partial charge in [-0.1, -0.05) is 77.8 Å². The van der Waals surface area contributed by atoms with Gasteiger partial charge in [-0.3, -0.25) is 0 Å². The van der Waals surface area contributed by atoms with Crippen molar-refractivity contribution in [2.75, 3.05) is 0 Å². The Morgan fingerprint density at radius 1 is 0.517 bits per heavy atom. The van der Waals surface area contributed by atoms with Gasteiger partial charge in [0.2, 0.25) is 6.71 Å². The van der Waals surface area contributed by atoms with E-state index in [4.69, 9.17) is 0 Å². The van der Waals surface area contributed by atoms with E-state index in [2.05, 4.69) is 79.7 Å². The molecule has 0 nitrogen and oxygen atoms in total.